The van der Waals surface area contributed by atoms with Crippen LogP contribution in [0.15, 0.2) is 22.8 Å². The molecule has 0 saturated carbocycles. The summed E-state index contributed by atoms with van der Waals surface area (Å²) >= 11 is 0. The van der Waals surface area contributed by atoms with Crippen molar-refractivity contribution in [2.75, 3.05) is 13.7 Å². The standard InChI is InChI=1S/C11H18O3/c1-9(2)11(12,8-13-3)7-10-5-4-6-14-10/h4-6,9,12H,7-8H2,1-3H3. The Balaban J connectivity index is 2.69. The van der Waals surface area contributed by atoms with Gasteiger partial charge in [0.25, 0.3) is 0 Å². The summed E-state index contributed by atoms with van der Waals surface area (Å²) in [5.74, 6) is 0.922. The first-order valence-corrected chi connectivity index (χ1v) is 4.82. The zero-order valence-electron chi connectivity index (χ0n) is 8.99. The Morgan fingerprint density at radius 1 is 1.57 bits per heavy atom. The number of furan rings is 1. The monoisotopic (exact) mass is 198 g/mol. The Bertz CT molecular complexity index is 254. The van der Waals surface area contributed by atoms with Gasteiger partial charge < -0.3 is 14.3 Å². The minimum absolute atomic E-state index is 0.132. The van der Waals surface area contributed by atoms with Crippen LogP contribution in [0.2, 0.25) is 0 Å². The second kappa shape index (κ2) is 4.62. The first-order valence-electron chi connectivity index (χ1n) is 4.82. The second-order valence-electron chi connectivity index (χ2n) is 3.95. The van der Waals surface area contributed by atoms with Crippen molar-refractivity contribution >= 4 is 0 Å². The van der Waals surface area contributed by atoms with Crippen LogP contribution in [0.1, 0.15) is 19.6 Å². The van der Waals surface area contributed by atoms with E-state index in [2.05, 4.69) is 0 Å². The Kier molecular flexibility index (Phi) is 3.72. The van der Waals surface area contributed by atoms with E-state index < -0.39 is 5.60 Å². The Labute approximate surface area is 84.7 Å². The fourth-order valence-corrected chi connectivity index (χ4v) is 1.39. The molecule has 1 heterocycles. The molecule has 3 nitrogen and oxygen atoms in total. The van der Waals surface area contributed by atoms with Gasteiger partial charge in [-0.1, -0.05) is 13.8 Å². The van der Waals surface area contributed by atoms with Gasteiger partial charge in [0.1, 0.15) is 5.76 Å². The van der Waals surface area contributed by atoms with Gasteiger partial charge in [0.15, 0.2) is 0 Å². The maximum atomic E-state index is 10.3. The molecule has 3 heteroatoms. The number of ether oxygens (including phenoxy) is 1. The first kappa shape index (κ1) is 11.3. The third-order valence-corrected chi connectivity index (χ3v) is 2.53. The number of hydrogen-bond donors (Lipinski definition) is 1. The SMILES string of the molecule is COCC(O)(Cc1ccco1)C(C)C. The van der Waals surface area contributed by atoms with Crippen molar-refractivity contribution in [3.8, 4) is 0 Å². The summed E-state index contributed by atoms with van der Waals surface area (Å²) in [6, 6.07) is 3.69. The molecule has 0 aliphatic carbocycles. The molecule has 0 spiro atoms. The third kappa shape index (κ3) is 2.59. The van der Waals surface area contributed by atoms with E-state index >= 15 is 0 Å². The summed E-state index contributed by atoms with van der Waals surface area (Å²) in [6.45, 7) is 4.27. The molecular formula is C11H18O3. The van der Waals surface area contributed by atoms with E-state index in [0.717, 1.165) is 5.76 Å². The average Bonchev–Trinajstić information content (AvgIpc) is 2.56. The second-order valence-corrected chi connectivity index (χ2v) is 3.95. The van der Waals surface area contributed by atoms with Gasteiger partial charge in [-0.25, -0.2) is 0 Å². The van der Waals surface area contributed by atoms with Crippen LogP contribution >= 0.6 is 0 Å². The summed E-state index contributed by atoms with van der Waals surface area (Å²) in [4.78, 5) is 0. The van der Waals surface area contributed by atoms with Gasteiger partial charge >= 0.3 is 0 Å². The van der Waals surface area contributed by atoms with Crippen LogP contribution in [-0.2, 0) is 11.2 Å². The van der Waals surface area contributed by atoms with Gasteiger partial charge in [-0.2, -0.15) is 0 Å². The molecule has 0 radical (unpaired) electrons. The number of methoxy groups -OCH3 is 1. The lowest BCUT2D eigenvalue weighted by atomic mass is 9.87. The van der Waals surface area contributed by atoms with Crippen molar-refractivity contribution in [2.24, 2.45) is 5.92 Å². The van der Waals surface area contributed by atoms with Crippen LogP contribution in [0.4, 0.5) is 0 Å². The van der Waals surface area contributed by atoms with Gasteiger partial charge in [0, 0.05) is 13.5 Å². The molecule has 14 heavy (non-hydrogen) atoms. The molecule has 0 saturated heterocycles. The highest BCUT2D eigenvalue weighted by atomic mass is 16.5. The summed E-state index contributed by atoms with van der Waals surface area (Å²) in [7, 11) is 1.59. The van der Waals surface area contributed by atoms with Crippen LogP contribution in [0.5, 0.6) is 0 Å². The first-order chi connectivity index (χ1) is 6.58. The summed E-state index contributed by atoms with van der Waals surface area (Å²) in [5.41, 5.74) is -0.841. The van der Waals surface area contributed by atoms with E-state index in [-0.39, 0.29) is 5.92 Å². The molecule has 1 N–H and O–H groups in total. The smallest absolute Gasteiger partial charge is 0.106 e. The van der Waals surface area contributed by atoms with Crippen LogP contribution < -0.4 is 0 Å². The molecule has 1 atom stereocenters. The van der Waals surface area contributed by atoms with Gasteiger partial charge in [0.05, 0.1) is 18.5 Å². The van der Waals surface area contributed by atoms with Crippen LogP contribution in [-0.4, -0.2) is 24.4 Å². The number of hydrogen-bond acceptors (Lipinski definition) is 3. The molecule has 1 aromatic heterocycles. The van der Waals surface area contributed by atoms with Crippen LogP contribution in [0.3, 0.4) is 0 Å². The van der Waals surface area contributed by atoms with E-state index in [0.29, 0.717) is 13.0 Å². The summed E-state index contributed by atoms with van der Waals surface area (Å²) in [5, 5.41) is 10.3. The lowest BCUT2D eigenvalue weighted by molar-refractivity contribution is -0.0665. The van der Waals surface area contributed by atoms with Gasteiger partial charge in [-0.3, -0.25) is 0 Å². The lowest BCUT2D eigenvalue weighted by Gasteiger charge is -2.30. The Hall–Kier alpha value is -0.800. The van der Waals surface area contributed by atoms with Crippen molar-refractivity contribution in [3.63, 3.8) is 0 Å². The molecule has 0 bridgehead atoms. The predicted octanol–water partition coefficient (Wildman–Crippen LogP) is 1.86. The van der Waals surface area contributed by atoms with Gasteiger partial charge in [0.2, 0.25) is 0 Å². The zero-order chi connectivity index (χ0) is 10.6. The van der Waals surface area contributed by atoms with E-state index in [4.69, 9.17) is 9.15 Å². The highest BCUT2D eigenvalue weighted by molar-refractivity contribution is 5.03. The van der Waals surface area contributed by atoms with E-state index in [1.807, 2.05) is 26.0 Å². The minimum Gasteiger partial charge on any atom is -0.469 e. The van der Waals surface area contributed by atoms with Gasteiger partial charge in [-0.05, 0) is 18.1 Å². The maximum Gasteiger partial charge on any atom is 0.106 e. The summed E-state index contributed by atoms with van der Waals surface area (Å²) in [6.07, 6.45) is 2.11. The van der Waals surface area contributed by atoms with Crippen molar-refractivity contribution in [1.82, 2.24) is 0 Å². The van der Waals surface area contributed by atoms with Gasteiger partial charge in [-0.15, -0.1) is 0 Å². The predicted molar refractivity (Wildman–Crippen MR) is 54.1 cm³/mol. The molecule has 80 valence electrons. The maximum absolute atomic E-state index is 10.3. The Morgan fingerprint density at radius 2 is 2.29 bits per heavy atom. The molecule has 0 amide bonds. The zero-order valence-corrected chi connectivity index (χ0v) is 8.99. The number of rotatable bonds is 5. The normalized spacial score (nSPS) is 15.8. The van der Waals surface area contributed by atoms with E-state index in [1.165, 1.54) is 0 Å². The van der Waals surface area contributed by atoms with Crippen molar-refractivity contribution in [3.05, 3.63) is 24.2 Å². The highest BCUT2D eigenvalue weighted by Crippen LogP contribution is 2.22. The van der Waals surface area contributed by atoms with Crippen LogP contribution in [0, 0.1) is 5.92 Å². The fraction of sp³-hybridized carbons (Fsp3) is 0.636. The molecule has 0 fully saturated rings. The third-order valence-electron chi connectivity index (χ3n) is 2.53. The van der Waals surface area contributed by atoms with Crippen LogP contribution in [0.25, 0.3) is 0 Å². The molecule has 0 aliphatic rings. The fourth-order valence-electron chi connectivity index (χ4n) is 1.39. The van der Waals surface area contributed by atoms with E-state index in [1.54, 1.807) is 13.4 Å². The Morgan fingerprint density at radius 3 is 2.71 bits per heavy atom. The minimum atomic E-state index is -0.841. The molecule has 1 aromatic rings. The molecule has 1 rings (SSSR count). The van der Waals surface area contributed by atoms with Crippen molar-refractivity contribution < 1.29 is 14.3 Å². The molecule has 0 aliphatic heterocycles. The van der Waals surface area contributed by atoms with Crippen molar-refractivity contribution in [2.45, 2.75) is 25.9 Å². The highest BCUT2D eigenvalue weighted by Gasteiger charge is 2.32. The molecule has 1 unspecified atom stereocenters. The quantitative estimate of drug-likeness (QED) is 0.785. The lowest BCUT2D eigenvalue weighted by Crippen LogP contribution is -2.42. The topological polar surface area (TPSA) is 42.6 Å². The molecule has 0 aromatic carbocycles. The largest absolute Gasteiger partial charge is 0.469 e. The molecular weight excluding hydrogens is 180 g/mol. The van der Waals surface area contributed by atoms with E-state index in [9.17, 15) is 5.11 Å². The average molecular weight is 198 g/mol. The summed E-state index contributed by atoms with van der Waals surface area (Å²) < 4.78 is 10.2. The number of aliphatic hydroxyl groups is 1. The van der Waals surface area contributed by atoms with Crippen molar-refractivity contribution in [1.29, 1.82) is 0 Å².